The molecule has 19 heavy (non-hydrogen) atoms. The van der Waals surface area contributed by atoms with Crippen molar-refractivity contribution in [3.05, 3.63) is 45.0 Å². The minimum Gasteiger partial charge on any atom is -0.336 e. The number of amides is 2. The number of H-pyrrole nitrogens is 1. The number of aromatic amines is 1. The smallest absolute Gasteiger partial charge is 0.336 e. The number of azo groups is 1. The lowest BCUT2D eigenvalue weighted by atomic mass is 10.3. The van der Waals surface area contributed by atoms with E-state index in [-0.39, 0.29) is 5.69 Å². The summed E-state index contributed by atoms with van der Waals surface area (Å²) in [5.74, 6) is 0. The molecule has 1 aliphatic rings. The van der Waals surface area contributed by atoms with E-state index < -0.39 is 11.7 Å². The number of fused-ring (bicyclic) bond motifs is 1. The molecule has 1 aromatic heterocycles. The van der Waals surface area contributed by atoms with Crippen molar-refractivity contribution in [2.24, 2.45) is 20.2 Å². The van der Waals surface area contributed by atoms with Gasteiger partial charge < -0.3 is 4.52 Å². The molecular weight excluding hydrogens is 250 g/mol. The lowest BCUT2D eigenvalue weighted by molar-refractivity contribution is 0.256. The molecule has 8 nitrogen and oxygen atoms in total. The highest BCUT2D eigenvalue weighted by atomic mass is 16.5. The monoisotopic (exact) mass is 257 g/mol. The molecule has 8 heteroatoms. The fourth-order valence-electron chi connectivity index (χ4n) is 1.59. The maximum Gasteiger partial charge on any atom is 0.384 e. The third-order valence-corrected chi connectivity index (χ3v) is 2.50. The summed E-state index contributed by atoms with van der Waals surface area (Å²) in [7, 11) is 0. The fraction of sp³-hybridized carbons (Fsp3) is 0.0909. The van der Waals surface area contributed by atoms with E-state index in [1.165, 1.54) is 0 Å². The van der Waals surface area contributed by atoms with Gasteiger partial charge >= 0.3 is 11.7 Å². The molecule has 0 saturated heterocycles. The molecule has 2 aromatic rings. The maximum atomic E-state index is 11.3. The van der Waals surface area contributed by atoms with E-state index in [1.54, 1.807) is 25.1 Å². The highest BCUT2D eigenvalue weighted by molar-refractivity contribution is 5.77. The Balaban J connectivity index is 2.01. The van der Waals surface area contributed by atoms with Gasteiger partial charge in [0.15, 0.2) is 5.69 Å². The Morgan fingerprint density at radius 3 is 2.68 bits per heavy atom. The van der Waals surface area contributed by atoms with Crippen LogP contribution in [0.25, 0.3) is 0 Å². The van der Waals surface area contributed by atoms with Crippen LogP contribution in [0.4, 0.5) is 16.2 Å². The van der Waals surface area contributed by atoms with Crippen LogP contribution in [-0.4, -0.2) is 11.2 Å². The van der Waals surface area contributed by atoms with Crippen molar-refractivity contribution in [2.45, 2.75) is 6.92 Å². The molecule has 0 atom stereocenters. The van der Waals surface area contributed by atoms with E-state index in [2.05, 4.69) is 29.9 Å². The van der Waals surface area contributed by atoms with Crippen LogP contribution in [0.15, 0.2) is 47.7 Å². The Morgan fingerprint density at radius 1 is 1.16 bits per heavy atom. The van der Waals surface area contributed by atoms with Crippen LogP contribution in [0.5, 0.6) is 0 Å². The molecule has 0 saturated carbocycles. The first-order valence-corrected chi connectivity index (χ1v) is 5.35. The molecule has 2 amide bonds. The first kappa shape index (κ1) is 11.2. The normalized spacial score (nSPS) is 13.4. The topological polar surface area (TPSA) is 113 Å². The van der Waals surface area contributed by atoms with Gasteiger partial charge in [0.25, 0.3) is 0 Å². The van der Waals surface area contributed by atoms with Gasteiger partial charge in [0, 0.05) is 0 Å². The SMILES string of the molecule is Cc1[nH]oc(=O)c1N=Nc1ccc2c(c1)=NC(=O)N=2. The highest BCUT2D eigenvalue weighted by Crippen LogP contribution is 2.15. The second-order valence-corrected chi connectivity index (χ2v) is 3.84. The third-order valence-electron chi connectivity index (χ3n) is 2.50. The molecule has 0 unspecified atom stereocenters. The quantitative estimate of drug-likeness (QED) is 0.811. The van der Waals surface area contributed by atoms with E-state index in [1.807, 2.05) is 0 Å². The molecule has 94 valence electrons. The van der Waals surface area contributed by atoms with Gasteiger partial charge in [-0.05, 0) is 25.1 Å². The number of carbonyl (C=O) groups is 1. The number of hydrogen-bond acceptors (Lipinski definition) is 5. The molecule has 0 radical (unpaired) electrons. The summed E-state index contributed by atoms with van der Waals surface area (Å²) in [6.45, 7) is 1.65. The number of aromatic nitrogens is 1. The first-order chi connectivity index (χ1) is 9.13. The lowest BCUT2D eigenvalue weighted by Crippen LogP contribution is -2.20. The summed E-state index contributed by atoms with van der Waals surface area (Å²) in [4.78, 5) is 29.6. The van der Waals surface area contributed by atoms with E-state index in [4.69, 9.17) is 0 Å². The van der Waals surface area contributed by atoms with Crippen LogP contribution < -0.4 is 16.3 Å². The largest absolute Gasteiger partial charge is 0.384 e. The minimum atomic E-state index is -0.586. The number of hydrogen-bond donors (Lipinski definition) is 1. The van der Waals surface area contributed by atoms with Crippen molar-refractivity contribution in [1.29, 1.82) is 0 Å². The predicted octanol–water partition coefficient (Wildman–Crippen LogP) is 1.06. The number of urea groups is 1. The average molecular weight is 257 g/mol. The van der Waals surface area contributed by atoms with Crippen LogP contribution in [0.2, 0.25) is 0 Å². The Morgan fingerprint density at radius 2 is 1.95 bits per heavy atom. The molecule has 3 rings (SSSR count). The van der Waals surface area contributed by atoms with Gasteiger partial charge in [0.2, 0.25) is 0 Å². The summed E-state index contributed by atoms with van der Waals surface area (Å²) < 4.78 is 4.56. The van der Waals surface area contributed by atoms with E-state index in [0.717, 1.165) is 0 Å². The van der Waals surface area contributed by atoms with Crippen molar-refractivity contribution < 1.29 is 9.32 Å². The predicted molar refractivity (Wildman–Crippen MR) is 62.4 cm³/mol. The highest BCUT2D eigenvalue weighted by Gasteiger charge is 2.07. The Hall–Kier alpha value is -2.90. The number of nitrogens with zero attached hydrogens (tertiary/aromatic N) is 4. The number of benzene rings is 1. The van der Waals surface area contributed by atoms with Crippen molar-refractivity contribution in [3.8, 4) is 0 Å². The standard InChI is InChI=1S/C11H7N5O3/c1-5-9(10(17)19-16-5)15-14-6-2-3-7-8(4-6)13-11(18)12-7/h2-4,16H,1H3. The van der Waals surface area contributed by atoms with Gasteiger partial charge in [-0.15, -0.1) is 5.11 Å². The van der Waals surface area contributed by atoms with Gasteiger partial charge in [-0.3, -0.25) is 0 Å². The zero-order valence-electron chi connectivity index (χ0n) is 9.75. The summed E-state index contributed by atoms with van der Waals surface area (Å²) in [6, 6.07) is 4.27. The zero-order chi connectivity index (χ0) is 13.4. The van der Waals surface area contributed by atoms with Crippen molar-refractivity contribution in [2.75, 3.05) is 0 Å². The molecular formula is C11H7N5O3. The summed E-state index contributed by atoms with van der Waals surface area (Å²) in [6.07, 6.45) is 0. The van der Waals surface area contributed by atoms with Gasteiger partial charge in [0.1, 0.15) is 0 Å². The van der Waals surface area contributed by atoms with Crippen LogP contribution in [0.1, 0.15) is 5.69 Å². The second-order valence-electron chi connectivity index (χ2n) is 3.84. The van der Waals surface area contributed by atoms with Crippen LogP contribution in [-0.2, 0) is 0 Å². The van der Waals surface area contributed by atoms with Crippen molar-refractivity contribution in [1.82, 2.24) is 5.16 Å². The van der Waals surface area contributed by atoms with Crippen LogP contribution in [0.3, 0.4) is 0 Å². The number of nitrogens with one attached hydrogen (secondary N) is 1. The minimum absolute atomic E-state index is 0.109. The van der Waals surface area contributed by atoms with Crippen LogP contribution in [0, 0.1) is 6.92 Å². The summed E-state index contributed by atoms with van der Waals surface area (Å²) >= 11 is 0. The Bertz CT molecular complexity index is 874. The molecule has 0 aliphatic carbocycles. The Labute approximate surface area is 105 Å². The molecule has 0 spiro atoms. The average Bonchev–Trinajstić information content (AvgIpc) is 2.89. The molecule has 1 N–H and O–H groups in total. The fourth-order valence-corrected chi connectivity index (χ4v) is 1.59. The number of rotatable bonds is 2. The molecule has 1 aliphatic heterocycles. The van der Waals surface area contributed by atoms with Gasteiger partial charge in [0.05, 0.1) is 22.1 Å². The van der Waals surface area contributed by atoms with Gasteiger partial charge in [-0.2, -0.15) is 15.1 Å². The number of carbonyl (C=O) groups excluding carboxylic acids is 1. The molecule has 0 bridgehead atoms. The Kier molecular flexibility index (Phi) is 2.41. The molecule has 1 aromatic carbocycles. The second kappa shape index (κ2) is 4.09. The lowest BCUT2D eigenvalue weighted by Gasteiger charge is -1.89. The van der Waals surface area contributed by atoms with Gasteiger partial charge in [-0.1, -0.05) is 0 Å². The van der Waals surface area contributed by atoms with Gasteiger partial charge in [-0.25, -0.2) is 14.7 Å². The van der Waals surface area contributed by atoms with E-state index >= 15 is 0 Å². The van der Waals surface area contributed by atoms with Crippen molar-refractivity contribution >= 4 is 17.4 Å². The van der Waals surface area contributed by atoms with E-state index in [9.17, 15) is 9.59 Å². The summed E-state index contributed by atoms with van der Waals surface area (Å²) in [5.41, 5.74) is 0.479. The molecule has 0 fully saturated rings. The zero-order valence-corrected chi connectivity index (χ0v) is 9.75. The molecule has 2 heterocycles. The summed E-state index contributed by atoms with van der Waals surface area (Å²) in [5, 5.41) is 11.1. The third kappa shape index (κ3) is 1.99. The van der Waals surface area contributed by atoms with E-state index in [0.29, 0.717) is 22.1 Å². The first-order valence-electron chi connectivity index (χ1n) is 5.35. The van der Waals surface area contributed by atoms with Crippen molar-refractivity contribution in [3.63, 3.8) is 0 Å². The maximum absolute atomic E-state index is 11.3. The number of aryl methyl sites for hydroxylation is 1. The van der Waals surface area contributed by atoms with Crippen LogP contribution >= 0.6 is 0 Å².